The second-order valence-corrected chi connectivity index (χ2v) is 3.30. The van der Waals surface area contributed by atoms with Crippen LogP contribution in [0.1, 0.15) is 0 Å². The van der Waals surface area contributed by atoms with Gasteiger partial charge in [0.15, 0.2) is 0 Å². The number of hydrogen-bond acceptors (Lipinski definition) is 2. The molecule has 0 saturated heterocycles. The van der Waals surface area contributed by atoms with E-state index in [0.717, 1.165) is 11.1 Å². The minimum Gasteiger partial charge on any atom is -0.276 e. The molecule has 0 nitrogen and oxygen atoms in total. The maximum Gasteiger partial charge on any atom is 0 e. The standard InChI is InChI=1S/C8H4S2.Y/c1-3-9-5-7(1)8-2-4-10-6-8;/h1-4H;/q-2;. The molecule has 2 aromatic heterocycles. The van der Waals surface area contributed by atoms with Gasteiger partial charge in [0.05, 0.1) is 0 Å². The van der Waals surface area contributed by atoms with Crippen molar-refractivity contribution in [3.05, 3.63) is 33.7 Å². The second kappa shape index (κ2) is 4.51. The van der Waals surface area contributed by atoms with Crippen molar-refractivity contribution < 1.29 is 32.7 Å². The Hall–Kier alpha value is 0.504. The smallest absolute Gasteiger partial charge is 0 e. The number of thiophene rings is 2. The van der Waals surface area contributed by atoms with Crippen molar-refractivity contribution in [2.45, 2.75) is 0 Å². The van der Waals surface area contributed by atoms with Gasteiger partial charge >= 0.3 is 0 Å². The molecule has 0 bridgehead atoms. The molecule has 0 aliphatic carbocycles. The molecule has 0 aromatic carbocycles. The van der Waals surface area contributed by atoms with Gasteiger partial charge in [-0.05, 0) is 0 Å². The van der Waals surface area contributed by atoms with Gasteiger partial charge in [-0.2, -0.15) is 0 Å². The Morgan fingerprint density at radius 3 is 1.64 bits per heavy atom. The molecule has 0 N–H and O–H groups in total. The molecule has 2 rings (SSSR count). The summed E-state index contributed by atoms with van der Waals surface area (Å²) in [5.74, 6) is 0. The normalized spacial score (nSPS) is 9.09. The van der Waals surface area contributed by atoms with E-state index in [1.165, 1.54) is 0 Å². The van der Waals surface area contributed by atoms with Gasteiger partial charge in [0.1, 0.15) is 0 Å². The number of rotatable bonds is 1. The summed E-state index contributed by atoms with van der Waals surface area (Å²) in [7, 11) is 0. The Morgan fingerprint density at radius 2 is 1.36 bits per heavy atom. The minimum absolute atomic E-state index is 0. The van der Waals surface area contributed by atoms with Crippen LogP contribution in [0.3, 0.4) is 0 Å². The summed E-state index contributed by atoms with van der Waals surface area (Å²) in [6, 6.07) is 4.12. The Kier molecular flexibility index (Phi) is 3.93. The van der Waals surface area contributed by atoms with E-state index in [2.05, 4.69) is 22.9 Å². The Bertz CT molecular complexity index is 252. The fourth-order valence-electron chi connectivity index (χ4n) is 0.757. The molecule has 11 heavy (non-hydrogen) atoms. The van der Waals surface area contributed by atoms with Crippen LogP contribution in [0.4, 0.5) is 0 Å². The third-order valence-electron chi connectivity index (χ3n) is 1.23. The Balaban J connectivity index is 0.000000605. The average molecular weight is 253 g/mol. The fraction of sp³-hybridized carbons (Fsp3) is 0. The van der Waals surface area contributed by atoms with Crippen LogP contribution in [0, 0.1) is 10.8 Å². The molecule has 53 valence electrons. The summed E-state index contributed by atoms with van der Waals surface area (Å²) in [6.45, 7) is 0. The van der Waals surface area contributed by atoms with Crippen LogP contribution >= 0.6 is 22.7 Å². The van der Waals surface area contributed by atoms with Crippen LogP contribution in [0.2, 0.25) is 0 Å². The van der Waals surface area contributed by atoms with Crippen molar-refractivity contribution in [2.24, 2.45) is 0 Å². The molecular weight excluding hydrogens is 249 g/mol. The first-order chi connectivity index (χ1) is 4.97. The van der Waals surface area contributed by atoms with E-state index in [9.17, 15) is 0 Å². The molecule has 0 saturated carbocycles. The summed E-state index contributed by atoms with van der Waals surface area (Å²) in [6.07, 6.45) is 0. The van der Waals surface area contributed by atoms with Crippen LogP contribution in [-0.2, 0) is 32.7 Å². The molecule has 2 heterocycles. The molecule has 2 aromatic rings. The maximum atomic E-state index is 3.16. The van der Waals surface area contributed by atoms with Crippen molar-refractivity contribution in [1.82, 2.24) is 0 Å². The van der Waals surface area contributed by atoms with Crippen molar-refractivity contribution in [2.75, 3.05) is 0 Å². The molecule has 0 aliphatic heterocycles. The van der Waals surface area contributed by atoms with E-state index in [4.69, 9.17) is 0 Å². The first-order valence-corrected chi connectivity index (χ1v) is 4.63. The predicted octanol–water partition coefficient (Wildman–Crippen LogP) is 3.07. The van der Waals surface area contributed by atoms with E-state index in [1.807, 2.05) is 10.8 Å². The van der Waals surface area contributed by atoms with E-state index in [0.29, 0.717) is 0 Å². The van der Waals surface area contributed by atoms with Crippen molar-refractivity contribution in [3.8, 4) is 11.1 Å². The molecule has 0 amide bonds. The molecule has 0 aliphatic rings. The zero-order valence-electron chi connectivity index (χ0n) is 5.70. The zero-order chi connectivity index (χ0) is 6.81. The van der Waals surface area contributed by atoms with Crippen LogP contribution < -0.4 is 0 Å². The first kappa shape index (κ1) is 9.59. The van der Waals surface area contributed by atoms with Crippen molar-refractivity contribution in [3.63, 3.8) is 0 Å². The average Bonchev–Trinajstić information content (AvgIpc) is 2.59. The van der Waals surface area contributed by atoms with Crippen LogP contribution in [0.15, 0.2) is 22.9 Å². The SMILES string of the molecule is [Y].[c-]1sccc1-c1[c-]scc1. The molecule has 1 radical (unpaired) electrons. The van der Waals surface area contributed by atoms with E-state index in [-0.39, 0.29) is 32.7 Å². The predicted molar refractivity (Wildman–Crippen MR) is 45.3 cm³/mol. The van der Waals surface area contributed by atoms with Gasteiger partial charge in [0, 0.05) is 32.7 Å². The van der Waals surface area contributed by atoms with Gasteiger partial charge in [-0.1, -0.05) is 0 Å². The largest absolute Gasteiger partial charge is 0.276 e. The molecule has 0 unspecified atom stereocenters. The molecule has 0 spiro atoms. The Morgan fingerprint density at radius 1 is 0.909 bits per heavy atom. The van der Waals surface area contributed by atoms with Crippen molar-refractivity contribution in [1.29, 1.82) is 0 Å². The molecular formula is C8H4S2Y-2. The summed E-state index contributed by atoms with van der Waals surface area (Å²) >= 11 is 3.19. The number of hydrogen-bond donors (Lipinski definition) is 0. The van der Waals surface area contributed by atoms with Crippen LogP contribution in [0.25, 0.3) is 11.1 Å². The quantitative estimate of drug-likeness (QED) is 0.685. The van der Waals surface area contributed by atoms with Gasteiger partial charge in [-0.25, -0.2) is 23.3 Å². The van der Waals surface area contributed by atoms with Crippen LogP contribution in [-0.4, -0.2) is 0 Å². The maximum absolute atomic E-state index is 3.16. The topological polar surface area (TPSA) is 0 Å². The molecule has 0 fully saturated rings. The van der Waals surface area contributed by atoms with Crippen molar-refractivity contribution >= 4 is 22.7 Å². The zero-order valence-corrected chi connectivity index (χ0v) is 10.2. The molecule has 3 heteroatoms. The summed E-state index contributed by atoms with van der Waals surface area (Å²) in [5.41, 5.74) is 2.32. The van der Waals surface area contributed by atoms with Gasteiger partial charge in [0.25, 0.3) is 0 Å². The van der Waals surface area contributed by atoms with Crippen LogP contribution in [0.5, 0.6) is 0 Å². The summed E-state index contributed by atoms with van der Waals surface area (Å²) in [5, 5.41) is 10.4. The molecule has 0 atom stereocenters. The van der Waals surface area contributed by atoms with Gasteiger partial charge in [-0.3, -0.25) is 22.7 Å². The van der Waals surface area contributed by atoms with Gasteiger partial charge in [0.2, 0.25) is 0 Å². The minimum atomic E-state index is 0. The summed E-state index contributed by atoms with van der Waals surface area (Å²) in [4.78, 5) is 0. The van der Waals surface area contributed by atoms with E-state index < -0.39 is 0 Å². The third kappa shape index (κ3) is 2.22. The van der Waals surface area contributed by atoms with E-state index >= 15 is 0 Å². The first-order valence-electron chi connectivity index (χ1n) is 2.87. The summed E-state index contributed by atoms with van der Waals surface area (Å²) < 4.78 is 0. The van der Waals surface area contributed by atoms with E-state index in [1.54, 1.807) is 22.7 Å². The second-order valence-electron chi connectivity index (χ2n) is 1.87. The Labute approximate surface area is 99.2 Å². The van der Waals surface area contributed by atoms with Gasteiger partial charge in [-0.15, -0.1) is 21.5 Å². The fourth-order valence-corrected chi connectivity index (χ4v) is 1.91. The third-order valence-corrected chi connectivity index (χ3v) is 2.45. The van der Waals surface area contributed by atoms with Gasteiger partial charge < -0.3 is 0 Å². The monoisotopic (exact) mass is 253 g/mol.